The van der Waals surface area contributed by atoms with E-state index in [-0.39, 0.29) is 23.1 Å². The standard InChI is InChI=1S/C32H36N4O5/c1-6-36(20-23-15-11-8-12-16-23)28(37)25(19-22-13-9-7-10-14-22)34-30-33-24-17-18-26(21(2)27(24)29(38)41-30)40-31(39)35-32(3,4)5/h7-18,25H,6,19-20H2,1-5H3,(H,33,34)(H,35,39)/t25-/m0/s1. The molecule has 0 fully saturated rings. The predicted octanol–water partition coefficient (Wildman–Crippen LogP) is 5.46. The molecule has 0 spiro atoms. The Morgan fingerprint density at radius 3 is 2.22 bits per heavy atom. The van der Waals surface area contributed by atoms with Crippen LogP contribution in [0.25, 0.3) is 10.9 Å². The van der Waals surface area contributed by atoms with Gasteiger partial charge in [-0.1, -0.05) is 60.7 Å². The van der Waals surface area contributed by atoms with Gasteiger partial charge in [-0.15, -0.1) is 0 Å². The Bertz CT molecular complexity index is 1560. The van der Waals surface area contributed by atoms with E-state index in [0.29, 0.717) is 30.6 Å². The van der Waals surface area contributed by atoms with Gasteiger partial charge >= 0.3 is 11.7 Å². The fourth-order valence-electron chi connectivity index (χ4n) is 4.47. The predicted molar refractivity (Wildman–Crippen MR) is 159 cm³/mol. The Hall–Kier alpha value is -4.66. The van der Waals surface area contributed by atoms with Gasteiger partial charge in [-0.25, -0.2) is 9.59 Å². The monoisotopic (exact) mass is 556 g/mol. The zero-order valence-electron chi connectivity index (χ0n) is 24.1. The highest BCUT2D eigenvalue weighted by Crippen LogP contribution is 2.26. The molecule has 0 bridgehead atoms. The smallest absolute Gasteiger partial charge is 0.410 e. The van der Waals surface area contributed by atoms with E-state index >= 15 is 0 Å². The number of hydrogen-bond donors (Lipinski definition) is 2. The molecule has 0 aliphatic carbocycles. The molecule has 9 nitrogen and oxygen atoms in total. The largest absolute Gasteiger partial charge is 0.413 e. The summed E-state index contributed by atoms with van der Waals surface area (Å²) in [6.07, 6.45) is -0.267. The Kier molecular flexibility index (Phi) is 9.07. The number of aromatic nitrogens is 1. The summed E-state index contributed by atoms with van der Waals surface area (Å²) in [5.41, 5.74) is 1.61. The second-order valence-electron chi connectivity index (χ2n) is 10.9. The van der Waals surface area contributed by atoms with Gasteiger partial charge < -0.3 is 24.7 Å². The summed E-state index contributed by atoms with van der Waals surface area (Å²) < 4.78 is 11.0. The number of carbonyl (C=O) groups is 2. The van der Waals surface area contributed by atoms with Gasteiger partial charge in [-0.2, -0.15) is 4.98 Å². The highest BCUT2D eigenvalue weighted by Gasteiger charge is 2.26. The number of hydrogen-bond acceptors (Lipinski definition) is 7. The van der Waals surface area contributed by atoms with E-state index in [4.69, 9.17) is 9.15 Å². The minimum Gasteiger partial charge on any atom is -0.410 e. The van der Waals surface area contributed by atoms with Gasteiger partial charge in [0, 0.05) is 30.6 Å². The quantitative estimate of drug-likeness (QED) is 0.282. The molecule has 4 aromatic rings. The second kappa shape index (κ2) is 12.7. The van der Waals surface area contributed by atoms with Crippen LogP contribution in [-0.2, 0) is 17.8 Å². The molecule has 0 saturated carbocycles. The van der Waals surface area contributed by atoms with Crippen molar-refractivity contribution in [2.24, 2.45) is 0 Å². The van der Waals surface area contributed by atoms with Gasteiger partial charge in [0.1, 0.15) is 11.8 Å². The first-order chi connectivity index (χ1) is 19.5. The Morgan fingerprint density at radius 2 is 1.61 bits per heavy atom. The zero-order chi connectivity index (χ0) is 29.6. The average molecular weight is 557 g/mol. The minimum atomic E-state index is -0.737. The molecule has 4 rings (SSSR count). The molecule has 9 heteroatoms. The van der Waals surface area contributed by atoms with Crippen molar-refractivity contribution in [3.05, 3.63) is 99.9 Å². The lowest BCUT2D eigenvalue weighted by Gasteiger charge is -2.27. The first-order valence-corrected chi connectivity index (χ1v) is 13.6. The van der Waals surface area contributed by atoms with Crippen LogP contribution in [0.3, 0.4) is 0 Å². The molecule has 1 atom stereocenters. The van der Waals surface area contributed by atoms with Gasteiger partial charge in [-0.3, -0.25) is 4.79 Å². The molecular formula is C32H36N4O5. The van der Waals surface area contributed by atoms with E-state index in [1.807, 2.05) is 88.4 Å². The van der Waals surface area contributed by atoms with E-state index in [9.17, 15) is 14.4 Å². The van der Waals surface area contributed by atoms with E-state index in [2.05, 4.69) is 15.6 Å². The van der Waals surface area contributed by atoms with Gasteiger partial charge in [0.15, 0.2) is 0 Å². The molecule has 2 amide bonds. The third-order valence-electron chi connectivity index (χ3n) is 6.48. The van der Waals surface area contributed by atoms with E-state index < -0.39 is 23.3 Å². The third-order valence-corrected chi connectivity index (χ3v) is 6.48. The van der Waals surface area contributed by atoms with Crippen molar-refractivity contribution in [3.8, 4) is 5.75 Å². The summed E-state index contributed by atoms with van der Waals surface area (Å²) in [5.74, 6) is 0.0835. The summed E-state index contributed by atoms with van der Waals surface area (Å²) in [4.78, 5) is 45.5. The van der Waals surface area contributed by atoms with Crippen LogP contribution in [0, 0.1) is 6.92 Å². The normalized spacial score (nSPS) is 12.0. The van der Waals surface area contributed by atoms with Crippen molar-refractivity contribution in [3.63, 3.8) is 0 Å². The molecule has 3 aromatic carbocycles. The summed E-state index contributed by atoms with van der Waals surface area (Å²) in [7, 11) is 0. The second-order valence-corrected chi connectivity index (χ2v) is 10.9. The van der Waals surface area contributed by atoms with E-state index in [0.717, 1.165) is 11.1 Å². The maximum atomic E-state index is 13.8. The van der Waals surface area contributed by atoms with Gasteiger partial charge in [0.25, 0.3) is 6.01 Å². The van der Waals surface area contributed by atoms with Crippen molar-refractivity contribution in [2.75, 3.05) is 11.9 Å². The molecule has 41 heavy (non-hydrogen) atoms. The van der Waals surface area contributed by atoms with Crippen molar-refractivity contribution in [1.29, 1.82) is 0 Å². The lowest BCUT2D eigenvalue weighted by Crippen LogP contribution is -2.44. The van der Waals surface area contributed by atoms with Crippen LogP contribution in [0.5, 0.6) is 5.75 Å². The molecule has 0 aliphatic rings. The van der Waals surface area contributed by atoms with Gasteiger partial charge in [0.2, 0.25) is 5.91 Å². The Morgan fingerprint density at radius 1 is 0.976 bits per heavy atom. The van der Waals surface area contributed by atoms with Crippen molar-refractivity contribution < 1.29 is 18.7 Å². The fourth-order valence-corrected chi connectivity index (χ4v) is 4.47. The number of nitrogens with one attached hydrogen (secondary N) is 2. The number of nitrogens with zero attached hydrogens (tertiary/aromatic N) is 2. The topological polar surface area (TPSA) is 114 Å². The van der Waals surface area contributed by atoms with E-state index in [1.165, 1.54) is 0 Å². The number of ether oxygens (including phenoxy) is 1. The molecule has 214 valence electrons. The first kappa shape index (κ1) is 29.3. The Balaban J connectivity index is 1.63. The fraction of sp³-hybridized carbons (Fsp3) is 0.312. The molecule has 1 aromatic heterocycles. The number of benzene rings is 3. The number of likely N-dealkylation sites (N-methyl/N-ethyl adjacent to an activating group) is 1. The van der Waals surface area contributed by atoms with Crippen LogP contribution < -0.4 is 21.0 Å². The Labute approximate surface area is 239 Å². The number of fused-ring (bicyclic) bond motifs is 1. The summed E-state index contributed by atoms with van der Waals surface area (Å²) >= 11 is 0. The van der Waals surface area contributed by atoms with Crippen LogP contribution in [0.4, 0.5) is 10.8 Å². The van der Waals surface area contributed by atoms with Crippen LogP contribution in [0.15, 0.2) is 82.0 Å². The maximum absolute atomic E-state index is 13.8. The van der Waals surface area contributed by atoms with Crippen molar-refractivity contribution in [2.45, 2.75) is 59.2 Å². The summed E-state index contributed by atoms with van der Waals surface area (Å²) in [6, 6.07) is 21.8. The summed E-state index contributed by atoms with van der Waals surface area (Å²) in [6.45, 7) is 10.1. The highest BCUT2D eigenvalue weighted by molar-refractivity contribution is 5.87. The number of anilines is 1. The number of carbonyl (C=O) groups excluding carboxylic acids is 2. The molecular weight excluding hydrogens is 520 g/mol. The number of amides is 2. The van der Waals surface area contributed by atoms with Crippen LogP contribution in [0.2, 0.25) is 0 Å². The molecule has 1 heterocycles. The van der Waals surface area contributed by atoms with E-state index in [1.54, 1.807) is 24.0 Å². The SMILES string of the molecule is CCN(Cc1ccccc1)C(=O)[C@H](Cc1ccccc1)Nc1nc2ccc(OC(=O)NC(C)(C)C)c(C)c2c(=O)o1. The molecule has 2 N–H and O–H groups in total. The van der Waals surface area contributed by atoms with Crippen LogP contribution >= 0.6 is 0 Å². The summed E-state index contributed by atoms with van der Waals surface area (Å²) in [5, 5.41) is 6.01. The van der Waals surface area contributed by atoms with Crippen molar-refractivity contribution >= 4 is 28.9 Å². The maximum Gasteiger partial charge on any atom is 0.413 e. The first-order valence-electron chi connectivity index (χ1n) is 13.6. The number of rotatable bonds is 9. The van der Waals surface area contributed by atoms with Crippen LogP contribution in [0.1, 0.15) is 44.4 Å². The molecule has 0 saturated heterocycles. The van der Waals surface area contributed by atoms with Crippen molar-refractivity contribution in [1.82, 2.24) is 15.2 Å². The highest BCUT2D eigenvalue weighted by atomic mass is 16.6. The molecule has 0 radical (unpaired) electrons. The zero-order valence-corrected chi connectivity index (χ0v) is 24.1. The number of aryl methyl sites for hydroxylation is 1. The minimum absolute atomic E-state index is 0.0638. The van der Waals surface area contributed by atoms with Crippen LogP contribution in [-0.4, -0.2) is 40.0 Å². The average Bonchev–Trinajstić information content (AvgIpc) is 2.92. The van der Waals surface area contributed by atoms with Gasteiger partial charge in [0.05, 0.1) is 10.9 Å². The molecule has 0 aliphatic heterocycles. The third kappa shape index (κ3) is 7.72. The molecule has 0 unspecified atom stereocenters. The lowest BCUT2D eigenvalue weighted by molar-refractivity contribution is -0.132. The van der Waals surface area contributed by atoms with Gasteiger partial charge in [-0.05, 0) is 57.9 Å². The lowest BCUT2D eigenvalue weighted by atomic mass is 10.0.